The molecule has 2 rings (SSSR count). The normalized spacial score (nSPS) is 10.4. The van der Waals surface area contributed by atoms with Gasteiger partial charge in [-0.3, -0.25) is 4.79 Å². The van der Waals surface area contributed by atoms with Crippen molar-refractivity contribution in [1.29, 1.82) is 0 Å². The molecule has 0 saturated heterocycles. The number of rotatable bonds is 5. The van der Waals surface area contributed by atoms with Crippen LogP contribution in [0, 0.1) is 0 Å². The second-order valence-electron chi connectivity index (χ2n) is 5.25. The minimum atomic E-state index is -0.0571. The molecule has 6 heteroatoms. The molecule has 0 aliphatic carbocycles. The number of phenols is 1. The van der Waals surface area contributed by atoms with Crippen LogP contribution in [-0.4, -0.2) is 41.7 Å². The summed E-state index contributed by atoms with van der Waals surface area (Å²) in [4.78, 5) is 13.8. The molecule has 2 aromatic rings. The Kier molecular flexibility index (Phi) is 4.60. The van der Waals surface area contributed by atoms with E-state index in [1.54, 1.807) is 41.8 Å². The molecular weight excluding hydrogens is 282 g/mol. The predicted molar refractivity (Wildman–Crippen MR) is 85.4 cm³/mol. The number of aryl methyl sites for hydroxylation is 1. The first-order chi connectivity index (χ1) is 10.4. The summed E-state index contributed by atoms with van der Waals surface area (Å²) in [5, 5.41) is 12.9. The Morgan fingerprint density at radius 2 is 2.09 bits per heavy atom. The fraction of sp³-hybridized carbons (Fsp3) is 0.312. The van der Waals surface area contributed by atoms with Crippen LogP contribution in [0.1, 0.15) is 16.1 Å². The van der Waals surface area contributed by atoms with E-state index in [1.165, 1.54) is 7.11 Å². The molecule has 0 unspecified atom stereocenters. The van der Waals surface area contributed by atoms with E-state index in [0.717, 1.165) is 11.3 Å². The van der Waals surface area contributed by atoms with Gasteiger partial charge in [-0.05, 0) is 23.8 Å². The van der Waals surface area contributed by atoms with Crippen molar-refractivity contribution in [2.24, 2.45) is 7.05 Å². The molecule has 1 aromatic heterocycles. The SMILES string of the molecule is COc1cc(CNc2ccn(C)c2C(=O)N(C)C)ccc1O. The van der Waals surface area contributed by atoms with Crippen molar-refractivity contribution < 1.29 is 14.6 Å². The Bertz CT molecular complexity index is 677. The maximum atomic E-state index is 12.2. The number of hydrogen-bond donors (Lipinski definition) is 2. The lowest BCUT2D eigenvalue weighted by Gasteiger charge is -2.14. The molecule has 22 heavy (non-hydrogen) atoms. The fourth-order valence-corrected chi connectivity index (χ4v) is 2.18. The number of aromatic nitrogens is 1. The minimum Gasteiger partial charge on any atom is -0.504 e. The maximum Gasteiger partial charge on any atom is 0.272 e. The van der Waals surface area contributed by atoms with Crippen LogP contribution in [0.3, 0.4) is 0 Å². The van der Waals surface area contributed by atoms with Gasteiger partial charge in [0.05, 0.1) is 12.8 Å². The maximum absolute atomic E-state index is 12.2. The Hall–Kier alpha value is -2.63. The van der Waals surface area contributed by atoms with Gasteiger partial charge < -0.3 is 24.6 Å². The lowest BCUT2D eigenvalue weighted by atomic mass is 10.2. The summed E-state index contributed by atoms with van der Waals surface area (Å²) in [6, 6.07) is 7.03. The van der Waals surface area contributed by atoms with Gasteiger partial charge in [0.2, 0.25) is 0 Å². The molecular formula is C16H21N3O3. The highest BCUT2D eigenvalue weighted by atomic mass is 16.5. The quantitative estimate of drug-likeness (QED) is 0.887. The number of ether oxygens (including phenoxy) is 1. The van der Waals surface area contributed by atoms with Crippen LogP contribution in [0.25, 0.3) is 0 Å². The van der Waals surface area contributed by atoms with E-state index >= 15 is 0 Å². The molecule has 1 amide bonds. The zero-order valence-electron chi connectivity index (χ0n) is 13.3. The smallest absolute Gasteiger partial charge is 0.272 e. The van der Waals surface area contributed by atoms with Gasteiger partial charge >= 0.3 is 0 Å². The van der Waals surface area contributed by atoms with Crippen LogP contribution >= 0.6 is 0 Å². The van der Waals surface area contributed by atoms with Crippen molar-refractivity contribution in [3.05, 3.63) is 41.7 Å². The van der Waals surface area contributed by atoms with Crippen LogP contribution < -0.4 is 10.1 Å². The largest absolute Gasteiger partial charge is 0.504 e. The molecule has 6 nitrogen and oxygen atoms in total. The average Bonchev–Trinajstić information content (AvgIpc) is 2.86. The molecule has 0 saturated carbocycles. The van der Waals surface area contributed by atoms with E-state index in [-0.39, 0.29) is 11.7 Å². The van der Waals surface area contributed by atoms with E-state index in [1.807, 2.05) is 19.3 Å². The number of nitrogens with zero attached hydrogens (tertiary/aromatic N) is 2. The summed E-state index contributed by atoms with van der Waals surface area (Å²) in [7, 11) is 6.80. The van der Waals surface area contributed by atoms with Gasteiger partial charge in [-0.1, -0.05) is 6.07 Å². The van der Waals surface area contributed by atoms with E-state index < -0.39 is 0 Å². The number of anilines is 1. The van der Waals surface area contributed by atoms with Gasteiger partial charge in [0, 0.05) is 33.9 Å². The molecule has 0 atom stereocenters. The molecule has 118 valence electrons. The zero-order valence-corrected chi connectivity index (χ0v) is 13.3. The number of hydrogen-bond acceptors (Lipinski definition) is 4. The first-order valence-electron chi connectivity index (χ1n) is 6.90. The number of benzene rings is 1. The number of carbonyl (C=O) groups excluding carboxylic acids is 1. The Morgan fingerprint density at radius 3 is 2.73 bits per heavy atom. The van der Waals surface area contributed by atoms with Crippen molar-refractivity contribution in [2.45, 2.75) is 6.54 Å². The molecule has 0 fully saturated rings. The summed E-state index contributed by atoms with van der Waals surface area (Å²) in [5.74, 6) is 0.477. The highest BCUT2D eigenvalue weighted by Crippen LogP contribution is 2.27. The van der Waals surface area contributed by atoms with Gasteiger partial charge in [0.1, 0.15) is 5.69 Å². The average molecular weight is 303 g/mol. The molecule has 2 N–H and O–H groups in total. The standard InChI is InChI=1S/C16H21N3O3/c1-18(2)16(21)15-12(7-8-19(15)3)17-10-11-5-6-13(20)14(9-11)22-4/h5-9,17,20H,10H2,1-4H3. The number of aromatic hydroxyl groups is 1. The molecule has 0 bridgehead atoms. The van der Waals surface area contributed by atoms with Crippen molar-refractivity contribution in [1.82, 2.24) is 9.47 Å². The first-order valence-corrected chi connectivity index (χ1v) is 6.90. The van der Waals surface area contributed by atoms with Crippen LogP contribution in [0.15, 0.2) is 30.5 Å². The molecule has 0 radical (unpaired) electrons. The van der Waals surface area contributed by atoms with Gasteiger partial charge in [0.25, 0.3) is 5.91 Å². The van der Waals surface area contributed by atoms with E-state index in [2.05, 4.69) is 5.32 Å². The third kappa shape index (κ3) is 3.16. The summed E-state index contributed by atoms with van der Waals surface area (Å²) in [5.41, 5.74) is 2.32. The van der Waals surface area contributed by atoms with Crippen molar-refractivity contribution in [2.75, 3.05) is 26.5 Å². The zero-order chi connectivity index (χ0) is 16.3. The fourth-order valence-electron chi connectivity index (χ4n) is 2.18. The van der Waals surface area contributed by atoms with Crippen molar-refractivity contribution >= 4 is 11.6 Å². The number of carbonyl (C=O) groups is 1. The van der Waals surface area contributed by atoms with Crippen LogP contribution in [-0.2, 0) is 13.6 Å². The van der Waals surface area contributed by atoms with Crippen LogP contribution in [0.5, 0.6) is 11.5 Å². The van der Waals surface area contributed by atoms with Crippen molar-refractivity contribution in [3.8, 4) is 11.5 Å². The third-order valence-electron chi connectivity index (χ3n) is 3.41. The van der Waals surface area contributed by atoms with E-state index in [4.69, 9.17) is 4.74 Å². The third-order valence-corrected chi connectivity index (χ3v) is 3.41. The summed E-state index contributed by atoms with van der Waals surface area (Å²) in [6.07, 6.45) is 1.84. The lowest BCUT2D eigenvalue weighted by Crippen LogP contribution is -2.25. The summed E-state index contributed by atoms with van der Waals surface area (Å²) < 4.78 is 6.89. The number of methoxy groups -OCH3 is 1. The van der Waals surface area contributed by atoms with Crippen LogP contribution in [0.2, 0.25) is 0 Å². The lowest BCUT2D eigenvalue weighted by molar-refractivity contribution is 0.0819. The highest BCUT2D eigenvalue weighted by Gasteiger charge is 2.17. The minimum absolute atomic E-state index is 0.0571. The van der Waals surface area contributed by atoms with Gasteiger partial charge in [-0.15, -0.1) is 0 Å². The van der Waals surface area contributed by atoms with E-state index in [9.17, 15) is 9.90 Å². The number of amides is 1. The number of nitrogens with one attached hydrogen (secondary N) is 1. The molecule has 0 spiro atoms. The first kappa shape index (κ1) is 15.8. The van der Waals surface area contributed by atoms with Gasteiger partial charge in [-0.2, -0.15) is 0 Å². The monoisotopic (exact) mass is 303 g/mol. The Morgan fingerprint density at radius 1 is 1.36 bits per heavy atom. The van der Waals surface area contributed by atoms with E-state index in [0.29, 0.717) is 18.0 Å². The Balaban J connectivity index is 2.17. The van der Waals surface area contributed by atoms with Gasteiger partial charge in [0.15, 0.2) is 11.5 Å². The molecule has 0 aliphatic heterocycles. The number of phenolic OH excluding ortho intramolecular Hbond substituents is 1. The second-order valence-corrected chi connectivity index (χ2v) is 5.25. The topological polar surface area (TPSA) is 66.7 Å². The molecule has 1 heterocycles. The second kappa shape index (κ2) is 6.43. The molecule has 1 aromatic carbocycles. The van der Waals surface area contributed by atoms with Crippen molar-refractivity contribution in [3.63, 3.8) is 0 Å². The summed E-state index contributed by atoms with van der Waals surface area (Å²) in [6.45, 7) is 0.522. The molecule has 0 aliphatic rings. The van der Waals surface area contributed by atoms with Crippen LogP contribution in [0.4, 0.5) is 5.69 Å². The predicted octanol–water partition coefficient (Wildman–Crippen LogP) is 2.05. The Labute approximate surface area is 129 Å². The summed E-state index contributed by atoms with van der Waals surface area (Å²) >= 11 is 0. The van der Waals surface area contributed by atoms with Gasteiger partial charge in [-0.25, -0.2) is 0 Å². The highest BCUT2D eigenvalue weighted by molar-refractivity contribution is 5.98.